The summed E-state index contributed by atoms with van der Waals surface area (Å²) in [6.07, 6.45) is 1.18. The fourth-order valence-corrected chi connectivity index (χ4v) is 2.80. The quantitative estimate of drug-likeness (QED) is 0.278. The summed E-state index contributed by atoms with van der Waals surface area (Å²) in [5, 5.41) is 13.6. The van der Waals surface area contributed by atoms with Gasteiger partial charge in [-0.05, 0) is 48.6 Å². The third kappa shape index (κ3) is 3.99. The Labute approximate surface area is 163 Å². The summed E-state index contributed by atoms with van der Waals surface area (Å²) >= 11 is 11.0. The Morgan fingerprint density at radius 2 is 1.78 bits per heavy atom. The Morgan fingerprint density at radius 3 is 2.37 bits per heavy atom. The third-order valence-electron chi connectivity index (χ3n) is 3.72. The van der Waals surface area contributed by atoms with Crippen molar-refractivity contribution in [3.63, 3.8) is 0 Å². The van der Waals surface area contributed by atoms with Gasteiger partial charge in [-0.25, -0.2) is 0 Å². The lowest BCUT2D eigenvalue weighted by atomic mass is 10.1. The largest absolute Gasteiger partial charge is 0.301 e. The van der Waals surface area contributed by atoms with E-state index >= 15 is 0 Å². The van der Waals surface area contributed by atoms with E-state index in [2.05, 4.69) is 10.3 Å². The van der Waals surface area contributed by atoms with Crippen molar-refractivity contribution >= 4 is 64.0 Å². The number of hydrogen-bond acceptors (Lipinski definition) is 6. The second-order valence-electron chi connectivity index (χ2n) is 5.47. The van der Waals surface area contributed by atoms with Crippen LogP contribution in [0, 0.1) is 16.0 Å². The molecule has 2 aromatic carbocycles. The highest BCUT2D eigenvalue weighted by molar-refractivity contribution is 7.80. The number of carbonyl (C=O) groups excluding carboxylic acids is 2. The molecule has 0 unspecified atom stereocenters. The molecule has 0 bridgehead atoms. The molecule has 2 amide bonds. The summed E-state index contributed by atoms with van der Waals surface area (Å²) in [4.78, 5) is 40.3. The molecular weight excluding hydrogens is 392 g/mol. The lowest BCUT2D eigenvalue weighted by molar-refractivity contribution is -0.384. The molecule has 0 spiro atoms. The first-order chi connectivity index (χ1) is 12.9. The lowest BCUT2D eigenvalue weighted by Gasteiger charge is -2.30. The standard InChI is InChI=1S/C17H11ClN4O4S/c18-10-1-5-12(6-2-10)21-16(24)14(15(23)20-17(21)27)9-19-11-3-7-13(8-4-11)22(25)26/h1-9,14H,(H,20,23,27)/t14-/m0/s1. The van der Waals surface area contributed by atoms with Crippen molar-refractivity contribution < 1.29 is 14.5 Å². The van der Waals surface area contributed by atoms with Gasteiger partial charge in [0.15, 0.2) is 11.0 Å². The van der Waals surface area contributed by atoms with Crippen LogP contribution in [0.15, 0.2) is 53.5 Å². The molecular formula is C17H11ClN4O4S. The smallest absolute Gasteiger partial charge is 0.269 e. The summed E-state index contributed by atoms with van der Waals surface area (Å²) < 4.78 is 0. The maximum absolute atomic E-state index is 12.8. The molecule has 1 fully saturated rings. The number of carbonyl (C=O) groups is 2. The molecule has 27 heavy (non-hydrogen) atoms. The van der Waals surface area contributed by atoms with Crippen molar-refractivity contribution in [1.29, 1.82) is 0 Å². The Kier molecular flexibility index (Phi) is 5.24. The van der Waals surface area contributed by atoms with Crippen molar-refractivity contribution in [3.05, 3.63) is 63.7 Å². The van der Waals surface area contributed by atoms with E-state index in [1.807, 2.05) is 0 Å². The molecule has 0 saturated carbocycles. The monoisotopic (exact) mass is 402 g/mol. The van der Waals surface area contributed by atoms with Crippen LogP contribution in [0.1, 0.15) is 0 Å². The fourth-order valence-electron chi connectivity index (χ4n) is 2.38. The van der Waals surface area contributed by atoms with Crippen LogP contribution in [-0.4, -0.2) is 28.1 Å². The van der Waals surface area contributed by atoms with Crippen LogP contribution in [0.3, 0.4) is 0 Å². The predicted octanol–water partition coefficient (Wildman–Crippen LogP) is 3.01. The normalized spacial score (nSPS) is 17.3. The van der Waals surface area contributed by atoms with E-state index in [0.717, 1.165) is 0 Å². The zero-order valence-corrected chi connectivity index (χ0v) is 15.1. The minimum Gasteiger partial charge on any atom is -0.301 e. The molecule has 1 heterocycles. The molecule has 136 valence electrons. The van der Waals surface area contributed by atoms with Crippen molar-refractivity contribution in [2.75, 3.05) is 4.90 Å². The van der Waals surface area contributed by atoms with Gasteiger partial charge in [-0.3, -0.25) is 29.6 Å². The number of nitro benzene ring substituents is 1. The van der Waals surface area contributed by atoms with E-state index < -0.39 is 22.7 Å². The van der Waals surface area contributed by atoms with E-state index in [9.17, 15) is 19.7 Å². The van der Waals surface area contributed by atoms with Gasteiger partial charge in [-0.15, -0.1) is 0 Å². The second-order valence-corrected chi connectivity index (χ2v) is 6.30. The summed E-state index contributed by atoms with van der Waals surface area (Å²) in [6.45, 7) is 0. The average Bonchev–Trinajstić information content (AvgIpc) is 2.63. The predicted molar refractivity (Wildman–Crippen MR) is 104 cm³/mol. The van der Waals surface area contributed by atoms with Gasteiger partial charge in [-0.1, -0.05) is 11.6 Å². The minimum atomic E-state index is -1.19. The summed E-state index contributed by atoms with van der Waals surface area (Å²) in [6, 6.07) is 11.8. The molecule has 8 nitrogen and oxygen atoms in total. The molecule has 10 heteroatoms. The van der Waals surface area contributed by atoms with Crippen LogP contribution in [0.5, 0.6) is 0 Å². The highest BCUT2D eigenvalue weighted by Crippen LogP contribution is 2.23. The van der Waals surface area contributed by atoms with Crippen LogP contribution >= 0.6 is 23.8 Å². The van der Waals surface area contributed by atoms with E-state index in [1.165, 1.54) is 35.4 Å². The third-order valence-corrected chi connectivity index (χ3v) is 4.26. The van der Waals surface area contributed by atoms with Crippen molar-refractivity contribution in [3.8, 4) is 0 Å². The Morgan fingerprint density at radius 1 is 1.15 bits per heavy atom. The van der Waals surface area contributed by atoms with Crippen molar-refractivity contribution in [2.45, 2.75) is 0 Å². The number of amides is 2. The van der Waals surface area contributed by atoms with Gasteiger partial charge >= 0.3 is 0 Å². The number of nitro groups is 1. The summed E-state index contributed by atoms with van der Waals surface area (Å²) in [5.74, 6) is -2.35. The minimum absolute atomic E-state index is 0.0349. The number of aliphatic imine (C=N–C) groups is 1. The van der Waals surface area contributed by atoms with Gasteiger partial charge in [0.1, 0.15) is 0 Å². The van der Waals surface area contributed by atoms with Gasteiger partial charge in [0.2, 0.25) is 5.91 Å². The SMILES string of the molecule is O=C1NC(=S)N(c2ccc(Cl)cc2)C(=O)[C@H]1C=Nc1ccc([N+](=O)[O-])cc1. The summed E-state index contributed by atoms with van der Waals surface area (Å²) in [7, 11) is 0. The molecule has 1 saturated heterocycles. The van der Waals surface area contributed by atoms with Gasteiger partial charge in [0.05, 0.1) is 16.3 Å². The van der Waals surface area contributed by atoms with Gasteiger partial charge in [0.25, 0.3) is 11.6 Å². The molecule has 1 N–H and O–H groups in total. The van der Waals surface area contributed by atoms with Crippen LogP contribution in [0.25, 0.3) is 0 Å². The lowest BCUT2D eigenvalue weighted by Crippen LogP contribution is -2.58. The van der Waals surface area contributed by atoms with E-state index in [1.54, 1.807) is 24.3 Å². The maximum atomic E-state index is 12.8. The van der Waals surface area contributed by atoms with E-state index in [0.29, 0.717) is 16.4 Å². The maximum Gasteiger partial charge on any atom is 0.269 e. The molecule has 0 aliphatic carbocycles. The number of thiocarbonyl (C=S) groups is 1. The number of anilines is 1. The van der Waals surface area contributed by atoms with Crippen LogP contribution in [0.4, 0.5) is 17.1 Å². The van der Waals surface area contributed by atoms with Crippen LogP contribution < -0.4 is 10.2 Å². The number of non-ortho nitro benzene ring substituents is 1. The number of nitrogens with zero attached hydrogens (tertiary/aromatic N) is 3. The van der Waals surface area contributed by atoms with Crippen LogP contribution in [0.2, 0.25) is 5.02 Å². The zero-order valence-electron chi connectivity index (χ0n) is 13.5. The molecule has 2 aromatic rings. The molecule has 0 radical (unpaired) electrons. The first-order valence-electron chi connectivity index (χ1n) is 7.60. The van der Waals surface area contributed by atoms with Crippen LogP contribution in [-0.2, 0) is 9.59 Å². The highest BCUT2D eigenvalue weighted by Gasteiger charge is 2.38. The first kappa shape index (κ1) is 18.6. The highest BCUT2D eigenvalue weighted by atomic mass is 35.5. The zero-order chi connectivity index (χ0) is 19.6. The molecule has 3 rings (SSSR count). The van der Waals surface area contributed by atoms with Gasteiger partial charge in [0, 0.05) is 23.4 Å². The average molecular weight is 403 g/mol. The molecule has 1 aliphatic heterocycles. The first-order valence-corrected chi connectivity index (χ1v) is 8.38. The van der Waals surface area contributed by atoms with Crippen molar-refractivity contribution in [2.24, 2.45) is 10.9 Å². The fraction of sp³-hybridized carbons (Fsp3) is 0.0588. The van der Waals surface area contributed by atoms with Gasteiger partial charge in [-0.2, -0.15) is 0 Å². The number of hydrogen-bond donors (Lipinski definition) is 1. The number of rotatable bonds is 4. The number of halogens is 1. The summed E-state index contributed by atoms with van der Waals surface area (Å²) in [5.41, 5.74) is 0.746. The molecule has 1 aliphatic rings. The number of benzene rings is 2. The Bertz CT molecular complexity index is 960. The second kappa shape index (κ2) is 7.60. The topological polar surface area (TPSA) is 105 Å². The van der Waals surface area contributed by atoms with E-state index in [-0.39, 0.29) is 10.8 Å². The Hall–Kier alpha value is -3.17. The molecule has 0 aromatic heterocycles. The molecule has 1 atom stereocenters. The Balaban J connectivity index is 1.84. The van der Waals surface area contributed by atoms with Gasteiger partial charge < -0.3 is 5.32 Å². The van der Waals surface area contributed by atoms with E-state index in [4.69, 9.17) is 23.8 Å². The van der Waals surface area contributed by atoms with Crippen molar-refractivity contribution in [1.82, 2.24) is 5.32 Å². The number of nitrogens with one attached hydrogen (secondary N) is 1.